The molecule has 3 heterocycles. The van der Waals surface area contributed by atoms with Gasteiger partial charge in [0.1, 0.15) is 5.39 Å². The topological polar surface area (TPSA) is 75.6 Å². The fourth-order valence-electron chi connectivity index (χ4n) is 2.28. The van der Waals surface area contributed by atoms with Crippen LogP contribution >= 0.6 is 27.3 Å². The van der Waals surface area contributed by atoms with Crippen molar-refractivity contribution in [3.05, 3.63) is 37.3 Å². The van der Waals surface area contributed by atoms with E-state index >= 15 is 0 Å². The van der Waals surface area contributed by atoms with Gasteiger partial charge in [-0.25, -0.2) is 4.68 Å². The summed E-state index contributed by atoms with van der Waals surface area (Å²) in [6.07, 6.45) is 2.44. The third-order valence-electron chi connectivity index (χ3n) is 3.37. The fourth-order valence-corrected chi connectivity index (χ4v) is 3.77. The highest BCUT2D eigenvalue weighted by Crippen LogP contribution is 2.22. The van der Waals surface area contributed by atoms with E-state index in [-0.39, 0.29) is 11.1 Å². The number of anilines is 1. The van der Waals surface area contributed by atoms with Gasteiger partial charge in [0.2, 0.25) is 5.95 Å². The molecule has 0 saturated heterocycles. The van der Waals surface area contributed by atoms with Crippen LogP contribution in [0, 0.1) is 0 Å². The summed E-state index contributed by atoms with van der Waals surface area (Å²) in [5.41, 5.74) is 0.192. The van der Waals surface area contributed by atoms with E-state index in [1.54, 1.807) is 22.2 Å². The lowest BCUT2D eigenvalue weighted by atomic mass is 10.1. The van der Waals surface area contributed by atoms with Gasteiger partial charge in [-0.1, -0.05) is 0 Å². The maximum absolute atomic E-state index is 12.2. The van der Waals surface area contributed by atoms with Crippen LogP contribution in [0.1, 0.15) is 25.6 Å². The van der Waals surface area contributed by atoms with Gasteiger partial charge < -0.3 is 5.32 Å². The van der Waals surface area contributed by atoms with Gasteiger partial charge in [0.05, 0.1) is 15.5 Å². The number of H-pyrrole nitrogens is 1. The zero-order valence-corrected chi connectivity index (χ0v) is 15.6. The Balaban J connectivity index is 1.82. The Labute approximate surface area is 146 Å². The monoisotopic (exact) mass is 395 g/mol. The summed E-state index contributed by atoms with van der Waals surface area (Å²) in [4.78, 5) is 20.8. The van der Waals surface area contributed by atoms with Gasteiger partial charge >= 0.3 is 0 Å². The number of fused-ring (bicyclic) bond motifs is 1. The van der Waals surface area contributed by atoms with Crippen LogP contribution in [0.25, 0.3) is 11.0 Å². The van der Waals surface area contributed by atoms with Crippen molar-refractivity contribution in [2.45, 2.75) is 32.7 Å². The highest BCUT2D eigenvalue weighted by atomic mass is 79.9. The summed E-state index contributed by atoms with van der Waals surface area (Å²) in [6, 6.07) is 4.12. The van der Waals surface area contributed by atoms with Gasteiger partial charge in [-0.15, -0.1) is 11.3 Å². The maximum Gasteiger partial charge on any atom is 0.263 e. The number of hydrogen-bond acceptors (Lipinski definition) is 5. The molecule has 0 fully saturated rings. The minimum absolute atomic E-state index is 0.174. The maximum atomic E-state index is 12.2. The first-order valence-corrected chi connectivity index (χ1v) is 8.92. The van der Waals surface area contributed by atoms with E-state index in [0.717, 1.165) is 10.2 Å². The molecule has 6 nitrogen and oxygen atoms in total. The third-order valence-corrected chi connectivity index (χ3v) is 5.05. The highest BCUT2D eigenvalue weighted by molar-refractivity contribution is 9.11. The first-order chi connectivity index (χ1) is 10.8. The first kappa shape index (κ1) is 16.2. The summed E-state index contributed by atoms with van der Waals surface area (Å²) < 4.78 is 2.90. The molecule has 0 unspecified atom stereocenters. The van der Waals surface area contributed by atoms with Crippen molar-refractivity contribution in [1.29, 1.82) is 0 Å². The Hall–Kier alpha value is -1.67. The average Bonchev–Trinajstić information content (AvgIpc) is 3.05. The van der Waals surface area contributed by atoms with E-state index in [1.165, 1.54) is 4.88 Å². The minimum atomic E-state index is -0.233. The van der Waals surface area contributed by atoms with E-state index < -0.39 is 0 Å². The zero-order valence-electron chi connectivity index (χ0n) is 13.2. The second-order valence-electron chi connectivity index (χ2n) is 6.26. The smallest absolute Gasteiger partial charge is 0.263 e. The quantitative estimate of drug-likeness (QED) is 0.709. The molecule has 0 bridgehead atoms. The molecule has 0 aliphatic carbocycles. The van der Waals surface area contributed by atoms with E-state index in [2.05, 4.69) is 42.4 Å². The van der Waals surface area contributed by atoms with Crippen LogP contribution in [0.2, 0.25) is 0 Å². The molecule has 0 aliphatic heterocycles. The lowest BCUT2D eigenvalue weighted by Gasteiger charge is -2.19. The van der Waals surface area contributed by atoms with E-state index in [9.17, 15) is 4.79 Å². The van der Waals surface area contributed by atoms with Crippen molar-refractivity contribution in [1.82, 2.24) is 19.7 Å². The molecule has 3 rings (SSSR count). The van der Waals surface area contributed by atoms with Crippen molar-refractivity contribution >= 4 is 44.2 Å². The van der Waals surface area contributed by atoms with Crippen molar-refractivity contribution in [2.24, 2.45) is 0 Å². The Bertz CT molecular complexity index is 889. The number of rotatable bonds is 4. The molecule has 0 aromatic carbocycles. The van der Waals surface area contributed by atoms with Gasteiger partial charge in [-0.2, -0.15) is 10.1 Å². The molecule has 8 heteroatoms. The molecule has 3 aromatic heterocycles. The normalized spacial score (nSPS) is 12.0. The fraction of sp³-hybridized carbons (Fsp3) is 0.400. The molecule has 3 aromatic rings. The summed E-state index contributed by atoms with van der Waals surface area (Å²) in [5, 5.41) is 8.00. The third kappa shape index (κ3) is 3.48. The number of aromatic nitrogens is 4. The number of thiophene rings is 1. The number of aromatic amines is 1. The predicted octanol–water partition coefficient (Wildman–Crippen LogP) is 3.35. The van der Waals surface area contributed by atoms with Gasteiger partial charge in [-0.3, -0.25) is 9.78 Å². The Morgan fingerprint density at radius 1 is 1.39 bits per heavy atom. The predicted molar refractivity (Wildman–Crippen MR) is 97.4 cm³/mol. The summed E-state index contributed by atoms with van der Waals surface area (Å²) >= 11 is 5.16. The molecular weight excluding hydrogens is 378 g/mol. The van der Waals surface area contributed by atoms with Crippen LogP contribution in [0.5, 0.6) is 0 Å². The van der Waals surface area contributed by atoms with Crippen molar-refractivity contribution in [3.63, 3.8) is 0 Å². The highest BCUT2D eigenvalue weighted by Gasteiger charge is 2.19. The van der Waals surface area contributed by atoms with Crippen LogP contribution in [0.3, 0.4) is 0 Å². The first-order valence-electron chi connectivity index (χ1n) is 7.31. The summed E-state index contributed by atoms with van der Waals surface area (Å²) in [6.45, 7) is 6.79. The molecule has 0 atom stereocenters. The Kier molecular flexibility index (Phi) is 4.29. The molecule has 0 spiro atoms. The van der Waals surface area contributed by atoms with Gasteiger partial charge in [0.25, 0.3) is 5.56 Å². The van der Waals surface area contributed by atoms with E-state index in [1.807, 2.05) is 26.8 Å². The lowest BCUT2D eigenvalue weighted by molar-refractivity contribution is 0.366. The van der Waals surface area contributed by atoms with Crippen molar-refractivity contribution in [2.75, 3.05) is 11.9 Å². The van der Waals surface area contributed by atoms with Gasteiger partial charge in [-0.05, 0) is 55.3 Å². The number of halogens is 1. The molecule has 0 saturated carbocycles. The van der Waals surface area contributed by atoms with E-state index in [0.29, 0.717) is 23.5 Å². The average molecular weight is 396 g/mol. The molecular formula is C15H18BrN5OS. The molecule has 0 radical (unpaired) electrons. The molecule has 0 amide bonds. The number of hydrogen-bond donors (Lipinski definition) is 2. The second-order valence-corrected chi connectivity index (χ2v) is 8.81. The van der Waals surface area contributed by atoms with Crippen LogP contribution in [0.4, 0.5) is 5.95 Å². The largest absolute Gasteiger partial charge is 0.355 e. The van der Waals surface area contributed by atoms with Gasteiger partial charge in [0, 0.05) is 11.4 Å². The standard InChI is InChI=1S/C15H18BrN5OS/c1-15(2,3)21-12-10(8-18-21)13(22)20-14(19-12)17-7-6-9-4-5-11(16)23-9/h4-5,8H,6-7H2,1-3H3,(H2,17,19,20,22). The van der Waals surface area contributed by atoms with Gasteiger partial charge in [0.15, 0.2) is 5.65 Å². The van der Waals surface area contributed by atoms with Crippen molar-refractivity contribution < 1.29 is 0 Å². The number of nitrogens with zero attached hydrogens (tertiary/aromatic N) is 3. The SMILES string of the molecule is CC(C)(C)n1ncc2c(=O)[nH]c(NCCc3ccc(Br)s3)nc21. The second kappa shape index (κ2) is 6.09. The molecule has 122 valence electrons. The summed E-state index contributed by atoms with van der Waals surface area (Å²) in [7, 11) is 0. The molecule has 2 N–H and O–H groups in total. The van der Waals surface area contributed by atoms with Crippen LogP contribution in [-0.2, 0) is 12.0 Å². The van der Waals surface area contributed by atoms with Crippen LogP contribution < -0.4 is 10.9 Å². The molecule has 23 heavy (non-hydrogen) atoms. The van der Waals surface area contributed by atoms with Crippen LogP contribution in [0.15, 0.2) is 26.9 Å². The lowest BCUT2D eigenvalue weighted by Crippen LogP contribution is -2.24. The Morgan fingerprint density at radius 3 is 2.83 bits per heavy atom. The van der Waals surface area contributed by atoms with Crippen LogP contribution in [-0.4, -0.2) is 26.3 Å². The minimum Gasteiger partial charge on any atom is -0.355 e. The van der Waals surface area contributed by atoms with Crippen molar-refractivity contribution in [3.8, 4) is 0 Å². The number of nitrogens with one attached hydrogen (secondary N) is 2. The zero-order chi connectivity index (χ0) is 16.6. The Morgan fingerprint density at radius 2 is 2.17 bits per heavy atom. The summed E-state index contributed by atoms with van der Waals surface area (Å²) in [5.74, 6) is 0.476. The molecule has 0 aliphatic rings. The van der Waals surface area contributed by atoms with E-state index in [4.69, 9.17) is 0 Å².